The van der Waals surface area contributed by atoms with Gasteiger partial charge in [-0.1, -0.05) is 272 Å². The lowest BCUT2D eigenvalue weighted by molar-refractivity contribution is -0.151. The Balaban J connectivity index is 3.98. The molecule has 0 heterocycles. The van der Waals surface area contributed by atoms with E-state index >= 15 is 0 Å². The number of carbonyl (C=O) groups excluding carboxylic acids is 2. The van der Waals surface area contributed by atoms with Crippen LogP contribution in [-0.4, -0.2) is 75.2 Å². The molecular weight excluding hydrogens is 1120 g/mol. The predicted octanol–water partition coefficient (Wildman–Crippen LogP) is 26.9. The molecule has 534 valence electrons. The van der Waals surface area contributed by atoms with Gasteiger partial charge in [0.1, 0.15) is 12.2 Å². The van der Waals surface area contributed by atoms with Crippen LogP contribution >= 0.6 is 0 Å². The minimum Gasteiger partial charge on any atom is -0.462 e. The third-order valence-electron chi connectivity index (χ3n) is 18.2. The molecule has 0 aliphatic rings. The Bertz CT molecular complexity index is 1770. The van der Waals surface area contributed by atoms with E-state index in [1.807, 2.05) is 0 Å². The molecular formula is C86H156N2O4. The molecule has 0 fully saturated rings. The van der Waals surface area contributed by atoms with E-state index in [2.05, 4.69) is 156 Å². The van der Waals surface area contributed by atoms with Gasteiger partial charge in [-0.05, 0) is 240 Å². The van der Waals surface area contributed by atoms with E-state index in [0.29, 0.717) is 12.8 Å². The first-order valence-corrected chi connectivity index (χ1v) is 40.1. The molecule has 0 aromatic heterocycles. The van der Waals surface area contributed by atoms with Crippen molar-refractivity contribution in [2.45, 2.75) is 393 Å². The number of allylic oxidation sites excluding steroid dienone is 16. The van der Waals surface area contributed by atoms with Crippen molar-refractivity contribution >= 4 is 11.9 Å². The summed E-state index contributed by atoms with van der Waals surface area (Å²) in [6.07, 6.45) is 106. The van der Waals surface area contributed by atoms with Crippen LogP contribution in [0.15, 0.2) is 97.2 Å². The molecule has 3 unspecified atom stereocenters. The molecule has 0 aliphatic heterocycles. The van der Waals surface area contributed by atoms with Crippen molar-refractivity contribution in [3.8, 4) is 0 Å². The number of carbonyl (C=O) groups is 2. The predicted molar refractivity (Wildman–Crippen MR) is 409 cm³/mol. The summed E-state index contributed by atoms with van der Waals surface area (Å²) in [5, 5.41) is 0. The van der Waals surface area contributed by atoms with Gasteiger partial charge in [-0.25, -0.2) is 0 Å². The van der Waals surface area contributed by atoms with E-state index in [-0.39, 0.29) is 24.1 Å². The fraction of sp³-hybridized carbons (Fsp3) is 0.791. The van der Waals surface area contributed by atoms with Crippen molar-refractivity contribution in [2.75, 3.05) is 41.3 Å². The van der Waals surface area contributed by atoms with E-state index in [4.69, 9.17) is 9.47 Å². The molecule has 92 heavy (non-hydrogen) atoms. The highest BCUT2D eigenvalue weighted by atomic mass is 16.5. The Labute approximate surface area is 574 Å². The molecule has 0 aliphatic carbocycles. The van der Waals surface area contributed by atoms with Crippen LogP contribution in [0.2, 0.25) is 0 Å². The van der Waals surface area contributed by atoms with Crippen LogP contribution in [-0.2, 0) is 19.1 Å². The molecule has 0 saturated carbocycles. The molecule has 0 aromatic carbocycles. The second-order valence-corrected chi connectivity index (χ2v) is 28.2. The first-order chi connectivity index (χ1) is 45.2. The SMILES string of the molecule is CCCCC/C=C\C/C=C\CCCCCCCCC(CCCCCCCC/C=C\C/C=C\CCCCCC(C)CCC/C=C\C/C=C\CCCCCCCCC(CCCCCCCC/C=C\C/C=C\CCCCC)OC(=O)CCCN(C)C)OC(=O)CCCN(C)C. The van der Waals surface area contributed by atoms with Gasteiger partial charge in [-0.15, -0.1) is 0 Å². The van der Waals surface area contributed by atoms with Crippen LogP contribution < -0.4 is 0 Å². The van der Waals surface area contributed by atoms with E-state index in [0.717, 1.165) is 83.2 Å². The Hall–Kier alpha value is -3.22. The van der Waals surface area contributed by atoms with Crippen molar-refractivity contribution in [3.63, 3.8) is 0 Å². The second-order valence-electron chi connectivity index (χ2n) is 28.2. The average molecular weight is 1280 g/mol. The number of rotatable bonds is 72. The zero-order chi connectivity index (χ0) is 66.8. The first kappa shape index (κ1) is 88.8. The summed E-state index contributed by atoms with van der Waals surface area (Å²) >= 11 is 0. The highest BCUT2D eigenvalue weighted by Gasteiger charge is 2.16. The molecule has 6 heteroatoms. The number of unbranched alkanes of at least 4 members (excludes halogenated alkanes) is 34. The van der Waals surface area contributed by atoms with Crippen LogP contribution in [0.3, 0.4) is 0 Å². The van der Waals surface area contributed by atoms with E-state index in [9.17, 15) is 9.59 Å². The number of esters is 2. The molecule has 0 N–H and O–H groups in total. The monoisotopic (exact) mass is 1280 g/mol. The van der Waals surface area contributed by atoms with Gasteiger partial charge in [0, 0.05) is 12.8 Å². The Morgan fingerprint density at radius 2 is 0.489 bits per heavy atom. The van der Waals surface area contributed by atoms with Gasteiger partial charge >= 0.3 is 11.9 Å². The zero-order valence-electron chi connectivity index (χ0n) is 62.5. The fourth-order valence-corrected chi connectivity index (χ4v) is 12.2. The highest BCUT2D eigenvalue weighted by molar-refractivity contribution is 5.69. The normalized spacial score (nSPS) is 13.5. The van der Waals surface area contributed by atoms with Crippen molar-refractivity contribution < 1.29 is 19.1 Å². The smallest absolute Gasteiger partial charge is 0.306 e. The van der Waals surface area contributed by atoms with Gasteiger partial charge in [-0.3, -0.25) is 9.59 Å². The van der Waals surface area contributed by atoms with Gasteiger partial charge in [0.2, 0.25) is 0 Å². The third kappa shape index (κ3) is 74.2. The van der Waals surface area contributed by atoms with Crippen LogP contribution in [0.5, 0.6) is 0 Å². The van der Waals surface area contributed by atoms with Crippen LogP contribution in [0.1, 0.15) is 380 Å². The van der Waals surface area contributed by atoms with Crippen molar-refractivity contribution in [1.29, 1.82) is 0 Å². The lowest BCUT2D eigenvalue weighted by Gasteiger charge is -2.18. The maximum Gasteiger partial charge on any atom is 0.306 e. The summed E-state index contributed by atoms with van der Waals surface area (Å²) < 4.78 is 12.1. The average Bonchev–Trinajstić information content (AvgIpc) is 3.76. The Kier molecular flexibility index (Phi) is 72.5. The maximum atomic E-state index is 12.7. The number of nitrogens with zero attached hydrogens (tertiary/aromatic N) is 2. The fourth-order valence-electron chi connectivity index (χ4n) is 12.2. The summed E-state index contributed by atoms with van der Waals surface area (Å²) in [5.74, 6) is 0.846. The summed E-state index contributed by atoms with van der Waals surface area (Å²) in [6, 6.07) is 0. The second kappa shape index (κ2) is 75.2. The van der Waals surface area contributed by atoms with Gasteiger partial charge in [0.15, 0.2) is 0 Å². The summed E-state index contributed by atoms with van der Waals surface area (Å²) in [5.41, 5.74) is 0. The highest BCUT2D eigenvalue weighted by Crippen LogP contribution is 2.22. The molecule has 0 spiro atoms. The molecule has 0 aromatic rings. The van der Waals surface area contributed by atoms with Gasteiger partial charge < -0.3 is 19.3 Å². The molecule has 0 amide bonds. The molecule has 0 radical (unpaired) electrons. The molecule has 6 nitrogen and oxygen atoms in total. The largest absolute Gasteiger partial charge is 0.462 e. The van der Waals surface area contributed by atoms with E-state index in [1.54, 1.807) is 0 Å². The van der Waals surface area contributed by atoms with Crippen molar-refractivity contribution in [3.05, 3.63) is 97.2 Å². The Morgan fingerprint density at radius 3 is 0.761 bits per heavy atom. The summed E-state index contributed by atoms with van der Waals surface area (Å²) in [7, 11) is 8.27. The Morgan fingerprint density at radius 1 is 0.272 bits per heavy atom. The summed E-state index contributed by atoms with van der Waals surface area (Å²) in [4.78, 5) is 29.7. The van der Waals surface area contributed by atoms with Crippen molar-refractivity contribution in [2.24, 2.45) is 5.92 Å². The zero-order valence-corrected chi connectivity index (χ0v) is 62.5. The third-order valence-corrected chi connectivity index (χ3v) is 18.2. The molecule has 0 rings (SSSR count). The van der Waals surface area contributed by atoms with Crippen LogP contribution in [0, 0.1) is 5.92 Å². The van der Waals surface area contributed by atoms with Gasteiger partial charge in [0.05, 0.1) is 0 Å². The van der Waals surface area contributed by atoms with E-state index < -0.39 is 0 Å². The van der Waals surface area contributed by atoms with Crippen molar-refractivity contribution in [1.82, 2.24) is 9.80 Å². The van der Waals surface area contributed by atoms with Crippen LogP contribution in [0.4, 0.5) is 0 Å². The number of hydrogen-bond donors (Lipinski definition) is 0. The lowest BCUT2D eigenvalue weighted by Crippen LogP contribution is -2.20. The van der Waals surface area contributed by atoms with E-state index in [1.165, 1.54) is 283 Å². The number of ether oxygens (including phenoxy) is 2. The molecule has 0 saturated heterocycles. The van der Waals surface area contributed by atoms with Gasteiger partial charge in [0.25, 0.3) is 0 Å². The number of hydrogen-bond acceptors (Lipinski definition) is 6. The molecule has 3 atom stereocenters. The summed E-state index contributed by atoms with van der Waals surface area (Å²) in [6.45, 7) is 8.86. The molecule has 0 bridgehead atoms. The first-order valence-electron chi connectivity index (χ1n) is 40.1. The standard InChI is InChI=1S/C86H156N2O4/c1-8-10-12-14-16-18-20-22-24-29-36-42-48-54-60-66-74-83(91-85(89)78-70-80-87(4)5)76-68-62-56-50-44-38-31-27-26-28-34-40-46-52-58-64-72-82(3)73-65-59-53-47-41-35-32-33-39-45-51-57-63-69-77-84(92-86(90)79-71-81-88(6)7)75-67-61-55-49-43-37-30-25-23-21-19-17-15-13-11-9-2/h16-19,22-27,32,34-35,40,47,53,82-84H,8-15,20-21,28-31,33,36-39,41-46,48-52,54-81H2,1-7H3/b18-16-,19-17-,24-22-,25-23-,27-26-,35-32-,40-34-,53-47-. The maximum absolute atomic E-state index is 12.7. The topological polar surface area (TPSA) is 59.1 Å². The quantitative estimate of drug-likeness (QED) is 0.0344. The van der Waals surface area contributed by atoms with Gasteiger partial charge in [-0.2, -0.15) is 0 Å². The minimum absolute atomic E-state index is 0.00426. The lowest BCUT2D eigenvalue weighted by atomic mass is 9.97. The van der Waals surface area contributed by atoms with Crippen LogP contribution in [0.25, 0.3) is 0 Å². The minimum atomic E-state index is 0.00426.